The van der Waals surface area contributed by atoms with Gasteiger partial charge < -0.3 is 10.1 Å². The molecule has 0 fully saturated rings. The first kappa shape index (κ1) is 20.9. The molecule has 7 heteroatoms. The summed E-state index contributed by atoms with van der Waals surface area (Å²) in [6, 6.07) is 14.5. The zero-order valence-electron chi connectivity index (χ0n) is 17.0. The third-order valence-electron chi connectivity index (χ3n) is 4.78. The van der Waals surface area contributed by atoms with E-state index in [0.717, 1.165) is 0 Å². The second-order valence-electron chi connectivity index (χ2n) is 7.14. The Balaban J connectivity index is 2.01. The number of amides is 1. The molecule has 1 unspecified atom stereocenters. The molecule has 6 nitrogen and oxygen atoms in total. The molecule has 29 heavy (non-hydrogen) atoms. The molecule has 0 radical (unpaired) electrons. The Kier molecular flexibility index (Phi) is 6.59. The standard InChI is InChI=1S/C22H25N3O3S/c1-14(2)15(3)23-20(26)13-29-22-24-19-11-6-5-10-18(19)21(27)25(22)16-8-7-9-17(12-16)28-4/h5-12,14-15H,13H2,1-4H3,(H,23,26). The summed E-state index contributed by atoms with van der Waals surface area (Å²) in [6.07, 6.45) is 0. The van der Waals surface area contributed by atoms with Crippen molar-refractivity contribution in [2.45, 2.75) is 32.0 Å². The Hall–Kier alpha value is -2.80. The van der Waals surface area contributed by atoms with Gasteiger partial charge in [0.25, 0.3) is 5.56 Å². The molecule has 0 saturated heterocycles. The molecule has 3 rings (SSSR count). The molecule has 1 amide bonds. The lowest BCUT2D eigenvalue weighted by Gasteiger charge is -2.18. The van der Waals surface area contributed by atoms with Crippen LogP contribution in [0.1, 0.15) is 20.8 Å². The van der Waals surface area contributed by atoms with Crippen molar-refractivity contribution in [2.24, 2.45) is 5.92 Å². The average molecular weight is 412 g/mol. The molecular formula is C22H25N3O3S. The van der Waals surface area contributed by atoms with Crippen LogP contribution in [0.2, 0.25) is 0 Å². The second-order valence-corrected chi connectivity index (χ2v) is 8.08. The maximum atomic E-state index is 13.2. The van der Waals surface area contributed by atoms with Gasteiger partial charge in [-0.25, -0.2) is 4.98 Å². The molecule has 1 heterocycles. The molecule has 1 aromatic heterocycles. The molecule has 0 aliphatic heterocycles. The number of nitrogens with one attached hydrogen (secondary N) is 1. The monoisotopic (exact) mass is 411 g/mol. The van der Waals surface area contributed by atoms with Crippen LogP contribution < -0.4 is 15.6 Å². The number of aromatic nitrogens is 2. The fourth-order valence-electron chi connectivity index (χ4n) is 2.78. The van der Waals surface area contributed by atoms with Crippen LogP contribution in [0.15, 0.2) is 58.5 Å². The third kappa shape index (κ3) is 4.79. The molecule has 0 bridgehead atoms. The fourth-order valence-corrected chi connectivity index (χ4v) is 3.60. The van der Waals surface area contributed by atoms with E-state index in [0.29, 0.717) is 33.4 Å². The number of carbonyl (C=O) groups is 1. The predicted molar refractivity (Wildman–Crippen MR) is 117 cm³/mol. The number of para-hydroxylation sites is 1. The zero-order valence-corrected chi connectivity index (χ0v) is 17.8. The van der Waals surface area contributed by atoms with Crippen molar-refractivity contribution in [3.05, 3.63) is 58.9 Å². The number of hydrogen-bond donors (Lipinski definition) is 1. The Morgan fingerprint density at radius 2 is 1.93 bits per heavy atom. The molecule has 1 atom stereocenters. The van der Waals surface area contributed by atoms with Crippen LogP contribution in [-0.4, -0.2) is 34.4 Å². The van der Waals surface area contributed by atoms with E-state index < -0.39 is 0 Å². The van der Waals surface area contributed by atoms with Gasteiger partial charge in [-0.2, -0.15) is 0 Å². The van der Waals surface area contributed by atoms with Gasteiger partial charge in [-0.05, 0) is 37.1 Å². The van der Waals surface area contributed by atoms with Gasteiger partial charge in [-0.3, -0.25) is 14.2 Å². The summed E-state index contributed by atoms with van der Waals surface area (Å²) < 4.78 is 6.84. The molecule has 1 N–H and O–H groups in total. The lowest BCUT2D eigenvalue weighted by Crippen LogP contribution is -2.37. The average Bonchev–Trinajstić information content (AvgIpc) is 2.72. The van der Waals surface area contributed by atoms with E-state index in [-0.39, 0.29) is 23.3 Å². The maximum Gasteiger partial charge on any atom is 0.266 e. The van der Waals surface area contributed by atoms with Crippen molar-refractivity contribution in [1.29, 1.82) is 0 Å². The van der Waals surface area contributed by atoms with Crippen LogP contribution in [0.4, 0.5) is 0 Å². The first-order chi connectivity index (χ1) is 13.9. The van der Waals surface area contributed by atoms with E-state index in [4.69, 9.17) is 4.74 Å². The van der Waals surface area contributed by atoms with E-state index >= 15 is 0 Å². The van der Waals surface area contributed by atoms with Crippen molar-refractivity contribution in [2.75, 3.05) is 12.9 Å². The van der Waals surface area contributed by atoms with Crippen molar-refractivity contribution >= 4 is 28.6 Å². The van der Waals surface area contributed by atoms with Gasteiger partial charge in [-0.15, -0.1) is 0 Å². The van der Waals surface area contributed by atoms with Crippen molar-refractivity contribution in [1.82, 2.24) is 14.9 Å². The third-order valence-corrected chi connectivity index (χ3v) is 5.72. The molecule has 152 valence electrons. The Morgan fingerprint density at radius 3 is 2.66 bits per heavy atom. The van der Waals surface area contributed by atoms with Crippen molar-refractivity contribution < 1.29 is 9.53 Å². The van der Waals surface area contributed by atoms with E-state index in [1.54, 1.807) is 25.3 Å². The van der Waals surface area contributed by atoms with E-state index in [2.05, 4.69) is 24.1 Å². The van der Waals surface area contributed by atoms with E-state index in [1.165, 1.54) is 16.3 Å². The summed E-state index contributed by atoms with van der Waals surface area (Å²) >= 11 is 1.25. The molecule has 0 saturated carbocycles. The molecule has 3 aromatic rings. The lowest BCUT2D eigenvalue weighted by atomic mass is 10.1. The van der Waals surface area contributed by atoms with Crippen molar-refractivity contribution in [3.63, 3.8) is 0 Å². The van der Waals surface area contributed by atoms with Crippen LogP contribution in [-0.2, 0) is 4.79 Å². The Bertz CT molecular complexity index is 1080. The molecule has 2 aromatic carbocycles. The largest absolute Gasteiger partial charge is 0.497 e. The highest BCUT2D eigenvalue weighted by molar-refractivity contribution is 7.99. The SMILES string of the molecule is COc1cccc(-n2c(SCC(=O)NC(C)C(C)C)nc3ccccc3c2=O)c1. The quantitative estimate of drug-likeness (QED) is 0.475. The van der Waals surface area contributed by atoms with Gasteiger partial charge in [0, 0.05) is 12.1 Å². The maximum absolute atomic E-state index is 13.2. The van der Waals surface area contributed by atoms with Gasteiger partial charge in [-0.1, -0.05) is 43.8 Å². The fraction of sp³-hybridized carbons (Fsp3) is 0.318. The molecule has 0 spiro atoms. The molecular weight excluding hydrogens is 386 g/mol. The number of hydrogen-bond acceptors (Lipinski definition) is 5. The highest BCUT2D eigenvalue weighted by Gasteiger charge is 2.16. The summed E-state index contributed by atoms with van der Waals surface area (Å²) in [6.45, 7) is 6.10. The van der Waals surface area contributed by atoms with Gasteiger partial charge in [0.05, 0.1) is 29.5 Å². The van der Waals surface area contributed by atoms with Crippen LogP contribution in [0.25, 0.3) is 16.6 Å². The van der Waals surface area contributed by atoms with Crippen LogP contribution in [0.5, 0.6) is 5.75 Å². The Labute approximate surface area is 174 Å². The normalized spacial score (nSPS) is 12.2. The highest BCUT2D eigenvalue weighted by atomic mass is 32.2. The summed E-state index contributed by atoms with van der Waals surface area (Å²) in [7, 11) is 1.58. The number of ether oxygens (including phenoxy) is 1. The summed E-state index contributed by atoms with van der Waals surface area (Å²) in [4.78, 5) is 30.2. The van der Waals surface area contributed by atoms with Gasteiger partial charge >= 0.3 is 0 Å². The number of methoxy groups -OCH3 is 1. The van der Waals surface area contributed by atoms with Gasteiger partial charge in [0.1, 0.15) is 5.75 Å². The minimum Gasteiger partial charge on any atom is -0.497 e. The topological polar surface area (TPSA) is 73.2 Å². The molecule has 0 aliphatic carbocycles. The van der Waals surface area contributed by atoms with Gasteiger partial charge in [0.2, 0.25) is 5.91 Å². The van der Waals surface area contributed by atoms with E-state index in [1.807, 2.05) is 37.3 Å². The van der Waals surface area contributed by atoms with Crippen molar-refractivity contribution in [3.8, 4) is 11.4 Å². The lowest BCUT2D eigenvalue weighted by molar-refractivity contribution is -0.119. The number of rotatable bonds is 7. The van der Waals surface area contributed by atoms with Crippen LogP contribution in [0, 0.1) is 5.92 Å². The summed E-state index contributed by atoms with van der Waals surface area (Å²) in [5, 5.41) is 3.98. The van der Waals surface area contributed by atoms with Gasteiger partial charge in [0.15, 0.2) is 5.16 Å². The predicted octanol–water partition coefficient (Wildman–Crippen LogP) is 3.65. The minimum absolute atomic E-state index is 0.0771. The van der Waals surface area contributed by atoms with E-state index in [9.17, 15) is 9.59 Å². The number of thioether (sulfide) groups is 1. The first-order valence-corrected chi connectivity index (χ1v) is 10.5. The number of benzene rings is 2. The van der Waals surface area contributed by atoms with Crippen LogP contribution >= 0.6 is 11.8 Å². The summed E-state index contributed by atoms with van der Waals surface area (Å²) in [5.74, 6) is 1.07. The smallest absolute Gasteiger partial charge is 0.266 e. The number of carbonyl (C=O) groups excluding carboxylic acids is 1. The number of nitrogens with zero attached hydrogens (tertiary/aromatic N) is 2. The Morgan fingerprint density at radius 1 is 1.17 bits per heavy atom. The van der Waals surface area contributed by atoms with Crippen LogP contribution in [0.3, 0.4) is 0 Å². The molecule has 0 aliphatic rings. The summed E-state index contributed by atoms with van der Waals surface area (Å²) in [5.41, 5.74) is 1.07. The first-order valence-electron chi connectivity index (χ1n) is 9.49. The highest BCUT2D eigenvalue weighted by Crippen LogP contribution is 2.23. The minimum atomic E-state index is -0.178. The second kappa shape index (κ2) is 9.13. The number of fused-ring (bicyclic) bond motifs is 1. The zero-order chi connectivity index (χ0) is 21.0.